The zero-order chi connectivity index (χ0) is 21.3. The van der Waals surface area contributed by atoms with Crippen LogP contribution in [0.25, 0.3) is 0 Å². The first-order chi connectivity index (χ1) is 14.7. The maximum absolute atomic E-state index is 5.92. The van der Waals surface area contributed by atoms with Crippen molar-refractivity contribution in [1.82, 2.24) is 10.2 Å². The Labute approximate surface area is 180 Å². The van der Waals surface area contributed by atoms with Crippen molar-refractivity contribution < 1.29 is 18.9 Å². The fourth-order valence-corrected chi connectivity index (χ4v) is 4.00. The predicted octanol–water partition coefficient (Wildman–Crippen LogP) is 3.89. The van der Waals surface area contributed by atoms with Gasteiger partial charge in [0.2, 0.25) is 0 Å². The molecule has 0 amide bonds. The summed E-state index contributed by atoms with van der Waals surface area (Å²) < 4.78 is 23.0. The van der Waals surface area contributed by atoms with Gasteiger partial charge in [-0.3, -0.25) is 4.90 Å². The van der Waals surface area contributed by atoms with Crippen LogP contribution in [0.5, 0.6) is 23.0 Å². The maximum Gasteiger partial charge on any atom is 0.161 e. The highest BCUT2D eigenvalue weighted by Crippen LogP contribution is 2.40. The van der Waals surface area contributed by atoms with E-state index in [1.807, 2.05) is 32.0 Å². The van der Waals surface area contributed by atoms with E-state index in [2.05, 4.69) is 28.4 Å². The fraction of sp³-hybridized carbons (Fsp3) is 0.500. The lowest BCUT2D eigenvalue weighted by atomic mass is 9.95. The molecule has 1 saturated heterocycles. The molecular formula is C24H34N2O4. The summed E-state index contributed by atoms with van der Waals surface area (Å²) in [5, 5.41) is 3.50. The minimum atomic E-state index is 0.0184. The van der Waals surface area contributed by atoms with Gasteiger partial charge in [0.1, 0.15) is 11.5 Å². The van der Waals surface area contributed by atoms with Gasteiger partial charge in [0.15, 0.2) is 11.5 Å². The lowest BCUT2D eigenvalue weighted by Crippen LogP contribution is -2.33. The highest BCUT2D eigenvalue weighted by Gasteiger charge is 2.27. The average Bonchev–Trinajstić information content (AvgIpc) is 3.05. The largest absolute Gasteiger partial charge is 0.497 e. The van der Waals surface area contributed by atoms with E-state index in [1.165, 1.54) is 0 Å². The molecule has 6 nitrogen and oxygen atoms in total. The van der Waals surface area contributed by atoms with Gasteiger partial charge in [-0.15, -0.1) is 0 Å². The first kappa shape index (κ1) is 22.2. The molecule has 0 saturated carbocycles. The normalized spacial score (nSPS) is 15.9. The van der Waals surface area contributed by atoms with Crippen LogP contribution in [0.4, 0.5) is 0 Å². The number of nitrogens with one attached hydrogen (secondary N) is 1. The van der Waals surface area contributed by atoms with E-state index in [1.54, 1.807) is 14.2 Å². The molecule has 30 heavy (non-hydrogen) atoms. The molecule has 0 radical (unpaired) electrons. The third kappa shape index (κ3) is 5.18. The first-order valence-electron chi connectivity index (χ1n) is 10.8. The van der Waals surface area contributed by atoms with Crippen molar-refractivity contribution in [2.24, 2.45) is 0 Å². The third-order valence-corrected chi connectivity index (χ3v) is 5.35. The lowest BCUT2D eigenvalue weighted by molar-refractivity contribution is 0.234. The molecule has 6 heteroatoms. The van der Waals surface area contributed by atoms with Crippen LogP contribution in [-0.4, -0.2) is 58.5 Å². The number of nitrogens with zero attached hydrogens (tertiary/aromatic N) is 1. The van der Waals surface area contributed by atoms with Crippen LogP contribution in [0.1, 0.15) is 37.4 Å². The Balaban J connectivity index is 2.11. The molecule has 1 fully saturated rings. The lowest BCUT2D eigenvalue weighted by Gasteiger charge is -2.32. The number of hydrogen-bond donors (Lipinski definition) is 1. The number of benzene rings is 2. The van der Waals surface area contributed by atoms with Crippen molar-refractivity contribution >= 4 is 0 Å². The zero-order valence-electron chi connectivity index (χ0n) is 18.6. The van der Waals surface area contributed by atoms with Crippen molar-refractivity contribution in [2.45, 2.75) is 26.3 Å². The Morgan fingerprint density at radius 2 is 1.63 bits per heavy atom. The van der Waals surface area contributed by atoms with Crippen LogP contribution in [-0.2, 0) is 0 Å². The standard InChI is InChI=1S/C24H34N2O4/c1-5-29-22-10-8-18(16-23(22)30-6-2)24(26-14-7-12-25-13-15-26)20-17-19(27-3)9-11-21(20)28-4/h8-11,16-17,24-25H,5-7,12-15H2,1-4H3. The average molecular weight is 415 g/mol. The van der Waals surface area contributed by atoms with E-state index >= 15 is 0 Å². The van der Waals surface area contributed by atoms with Crippen LogP contribution in [0.2, 0.25) is 0 Å². The summed E-state index contributed by atoms with van der Waals surface area (Å²) in [7, 11) is 3.41. The summed E-state index contributed by atoms with van der Waals surface area (Å²) in [6, 6.07) is 12.3. The van der Waals surface area contributed by atoms with Gasteiger partial charge in [0.25, 0.3) is 0 Å². The van der Waals surface area contributed by atoms with Gasteiger partial charge in [0.05, 0.1) is 33.5 Å². The molecule has 0 spiro atoms. The number of hydrogen-bond acceptors (Lipinski definition) is 6. The molecule has 1 aliphatic heterocycles. The molecule has 1 unspecified atom stereocenters. The van der Waals surface area contributed by atoms with Gasteiger partial charge in [-0.05, 0) is 62.7 Å². The monoisotopic (exact) mass is 414 g/mol. The molecule has 1 atom stereocenters. The van der Waals surface area contributed by atoms with Crippen LogP contribution < -0.4 is 24.3 Å². The van der Waals surface area contributed by atoms with Crippen molar-refractivity contribution in [3.05, 3.63) is 47.5 Å². The zero-order valence-corrected chi connectivity index (χ0v) is 18.6. The summed E-state index contributed by atoms with van der Waals surface area (Å²) in [5.74, 6) is 3.22. The Hall–Kier alpha value is -2.44. The second-order valence-corrected chi connectivity index (χ2v) is 7.22. The number of rotatable bonds is 9. The van der Waals surface area contributed by atoms with Gasteiger partial charge in [0, 0.05) is 25.2 Å². The topological polar surface area (TPSA) is 52.2 Å². The van der Waals surface area contributed by atoms with E-state index < -0.39 is 0 Å². The summed E-state index contributed by atoms with van der Waals surface area (Å²) in [5.41, 5.74) is 2.24. The van der Waals surface area contributed by atoms with Gasteiger partial charge in [-0.2, -0.15) is 0 Å². The first-order valence-corrected chi connectivity index (χ1v) is 10.8. The second-order valence-electron chi connectivity index (χ2n) is 7.22. The van der Waals surface area contributed by atoms with Crippen LogP contribution in [0.15, 0.2) is 36.4 Å². The SMILES string of the molecule is CCOc1ccc(C(c2cc(OC)ccc2OC)N2CCCNCC2)cc1OCC. The van der Waals surface area contributed by atoms with Gasteiger partial charge < -0.3 is 24.3 Å². The fourth-order valence-electron chi connectivity index (χ4n) is 4.00. The van der Waals surface area contributed by atoms with Crippen molar-refractivity contribution in [3.8, 4) is 23.0 Å². The van der Waals surface area contributed by atoms with E-state index in [-0.39, 0.29) is 6.04 Å². The van der Waals surface area contributed by atoms with E-state index in [0.29, 0.717) is 13.2 Å². The minimum absolute atomic E-state index is 0.0184. The number of ether oxygens (including phenoxy) is 4. The molecule has 1 N–H and O–H groups in total. The van der Waals surface area contributed by atoms with E-state index in [4.69, 9.17) is 18.9 Å². The second kappa shape index (κ2) is 11.1. The molecule has 2 aromatic carbocycles. The van der Waals surface area contributed by atoms with E-state index in [9.17, 15) is 0 Å². The third-order valence-electron chi connectivity index (χ3n) is 5.35. The van der Waals surface area contributed by atoms with Gasteiger partial charge in [-0.1, -0.05) is 6.07 Å². The predicted molar refractivity (Wildman–Crippen MR) is 119 cm³/mol. The van der Waals surface area contributed by atoms with Crippen molar-refractivity contribution in [2.75, 3.05) is 53.6 Å². The molecular weight excluding hydrogens is 380 g/mol. The van der Waals surface area contributed by atoms with Crippen molar-refractivity contribution in [3.63, 3.8) is 0 Å². The molecule has 0 aliphatic carbocycles. The molecule has 1 aliphatic rings. The van der Waals surface area contributed by atoms with Crippen LogP contribution >= 0.6 is 0 Å². The molecule has 164 valence electrons. The summed E-state index contributed by atoms with van der Waals surface area (Å²) in [6.45, 7) is 9.10. The van der Waals surface area contributed by atoms with Gasteiger partial charge in [-0.25, -0.2) is 0 Å². The number of methoxy groups -OCH3 is 2. The van der Waals surface area contributed by atoms with Gasteiger partial charge >= 0.3 is 0 Å². The maximum atomic E-state index is 5.92. The molecule has 0 bridgehead atoms. The minimum Gasteiger partial charge on any atom is -0.497 e. The molecule has 0 aromatic heterocycles. The molecule has 3 rings (SSSR count). The summed E-state index contributed by atoms with van der Waals surface area (Å²) in [6.07, 6.45) is 1.10. The van der Waals surface area contributed by atoms with Crippen LogP contribution in [0.3, 0.4) is 0 Å². The Kier molecular flexibility index (Phi) is 8.22. The van der Waals surface area contributed by atoms with E-state index in [0.717, 1.165) is 66.7 Å². The highest BCUT2D eigenvalue weighted by atomic mass is 16.5. The quantitative estimate of drug-likeness (QED) is 0.672. The van der Waals surface area contributed by atoms with Crippen molar-refractivity contribution in [1.29, 1.82) is 0 Å². The Morgan fingerprint density at radius 1 is 0.867 bits per heavy atom. The molecule has 2 aromatic rings. The highest BCUT2D eigenvalue weighted by molar-refractivity contribution is 5.50. The Bertz CT molecular complexity index is 804. The molecule has 1 heterocycles. The summed E-state index contributed by atoms with van der Waals surface area (Å²) >= 11 is 0. The smallest absolute Gasteiger partial charge is 0.161 e. The summed E-state index contributed by atoms with van der Waals surface area (Å²) in [4.78, 5) is 2.50. The Morgan fingerprint density at radius 3 is 2.37 bits per heavy atom. The van der Waals surface area contributed by atoms with Crippen LogP contribution in [0, 0.1) is 0 Å².